The third-order valence-corrected chi connectivity index (χ3v) is 4.21. The Balaban J connectivity index is 2.09. The Morgan fingerprint density at radius 1 is 1.47 bits per heavy atom. The number of aromatic nitrogens is 1. The van der Waals surface area contributed by atoms with Gasteiger partial charge in [0.25, 0.3) is 0 Å². The third-order valence-electron chi connectivity index (χ3n) is 4.21. The van der Waals surface area contributed by atoms with Crippen LogP contribution in [0.3, 0.4) is 0 Å². The van der Waals surface area contributed by atoms with Gasteiger partial charge in [-0.2, -0.15) is 0 Å². The van der Waals surface area contributed by atoms with Crippen molar-refractivity contribution in [2.45, 2.75) is 52.1 Å². The van der Waals surface area contributed by atoms with E-state index in [1.807, 2.05) is 19.1 Å². The highest BCUT2D eigenvalue weighted by atomic mass is 16.3. The van der Waals surface area contributed by atoms with E-state index in [9.17, 15) is 5.11 Å². The minimum absolute atomic E-state index is 0.321. The molecule has 1 aromatic heterocycles. The first-order chi connectivity index (χ1) is 8.22. The van der Waals surface area contributed by atoms with Crippen LogP contribution in [0.5, 0.6) is 0 Å². The molecule has 0 bridgehead atoms. The van der Waals surface area contributed by atoms with Gasteiger partial charge in [0, 0.05) is 17.5 Å². The lowest BCUT2D eigenvalue weighted by Gasteiger charge is -2.32. The summed E-state index contributed by atoms with van der Waals surface area (Å²) in [5.41, 5.74) is 1.99. The van der Waals surface area contributed by atoms with Crippen molar-refractivity contribution in [2.75, 3.05) is 0 Å². The van der Waals surface area contributed by atoms with E-state index in [1.165, 1.54) is 25.7 Å². The van der Waals surface area contributed by atoms with Gasteiger partial charge in [-0.1, -0.05) is 32.3 Å². The average Bonchev–Trinajstić information content (AvgIpc) is 2.38. The Morgan fingerprint density at radius 3 is 3.00 bits per heavy atom. The highest BCUT2D eigenvalue weighted by molar-refractivity contribution is 5.21. The second-order valence-electron chi connectivity index (χ2n) is 5.32. The fourth-order valence-electron chi connectivity index (χ4n) is 3.05. The van der Waals surface area contributed by atoms with Crippen molar-refractivity contribution in [1.29, 1.82) is 0 Å². The Hall–Kier alpha value is -0.890. The Morgan fingerprint density at radius 2 is 2.29 bits per heavy atom. The van der Waals surface area contributed by atoms with Crippen LogP contribution in [0.2, 0.25) is 0 Å². The van der Waals surface area contributed by atoms with Crippen LogP contribution in [0.25, 0.3) is 0 Å². The standard InChI is InChI=1S/C15H23NO/c1-3-12-6-4-7-13(10-12)15(17)14-8-5-9-16-11(14)2/h5,8-9,12-13,15,17H,3-4,6-7,10H2,1-2H3. The van der Waals surface area contributed by atoms with Crippen LogP contribution in [0.1, 0.15) is 56.4 Å². The summed E-state index contributed by atoms with van der Waals surface area (Å²) in [4.78, 5) is 4.27. The maximum atomic E-state index is 10.5. The molecule has 94 valence electrons. The molecule has 1 aliphatic rings. The van der Waals surface area contributed by atoms with Crippen LogP contribution in [-0.4, -0.2) is 10.1 Å². The molecule has 0 amide bonds. The summed E-state index contributed by atoms with van der Waals surface area (Å²) in [6, 6.07) is 3.94. The summed E-state index contributed by atoms with van der Waals surface area (Å²) in [7, 11) is 0. The second kappa shape index (κ2) is 5.63. The maximum absolute atomic E-state index is 10.5. The molecule has 3 atom stereocenters. The van der Waals surface area contributed by atoms with Crippen molar-refractivity contribution in [3.63, 3.8) is 0 Å². The van der Waals surface area contributed by atoms with Crippen molar-refractivity contribution in [3.05, 3.63) is 29.6 Å². The maximum Gasteiger partial charge on any atom is 0.0835 e. The molecular formula is C15H23NO. The van der Waals surface area contributed by atoms with Crippen molar-refractivity contribution >= 4 is 0 Å². The van der Waals surface area contributed by atoms with Crippen LogP contribution in [-0.2, 0) is 0 Å². The van der Waals surface area contributed by atoms with E-state index in [0.29, 0.717) is 5.92 Å². The zero-order valence-corrected chi connectivity index (χ0v) is 10.9. The van der Waals surface area contributed by atoms with E-state index in [1.54, 1.807) is 6.20 Å². The number of aliphatic hydroxyl groups is 1. The molecular weight excluding hydrogens is 210 g/mol. The molecule has 2 nitrogen and oxygen atoms in total. The van der Waals surface area contributed by atoms with E-state index >= 15 is 0 Å². The van der Waals surface area contributed by atoms with E-state index in [2.05, 4.69) is 11.9 Å². The number of hydrogen-bond donors (Lipinski definition) is 1. The van der Waals surface area contributed by atoms with Crippen molar-refractivity contribution in [3.8, 4) is 0 Å². The normalized spacial score (nSPS) is 26.8. The van der Waals surface area contributed by atoms with Crippen molar-refractivity contribution in [1.82, 2.24) is 4.98 Å². The number of hydrogen-bond acceptors (Lipinski definition) is 2. The predicted molar refractivity (Wildman–Crippen MR) is 69.7 cm³/mol. The molecule has 1 aromatic rings. The molecule has 0 radical (unpaired) electrons. The first kappa shape index (κ1) is 12.6. The summed E-state index contributed by atoms with van der Waals surface area (Å²) in [6.45, 7) is 4.24. The first-order valence-corrected chi connectivity index (χ1v) is 6.82. The SMILES string of the molecule is CCC1CCCC(C(O)c2cccnc2C)C1. The lowest BCUT2D eigenvalue weighted by molar-refractivity contribution is 0.0670. The van der Waals surface area contributed by atoms with E-state index in [-0.39, 0.29) is 6.10 Å². The summed E-state index contributed by atoms with van der Waals surface area (Å²) < 4.78 is 0. The van der Waals surface area contributed by atoms with Crippen LogP contribution in [0.15, 0.2) is 18.3 Å². The molecule has 0 aliphatic heterocycles. The molecule has 3 unspecified atom stereocenters. The molecule has 17 heavy (non-hydrogen) atoms. The molecule has 1 fully saturated rings. The molecule has 0 spiro atoms. The fraction of sp³-hybridized carbons (Fsp3) is 0.667. The second-order valence-corrected chi connectivity index (χ2v) is 5.32. The van der Waals surface area contributed by atoms with Crippen LogP contribution >= 0.6 is 0 Å². The largest absolute Gasteiger partial charge is 0.388 e. The highest BCUT2D eigenvalue weighted by Crippen LogP contribution is 2.38. The fourth-order valence-corrected chi connectivity index (χ4v) is 3.05. The molecule has 2 heteroatoms. The summed E-state index contributed by atoms with van der Waals surface area (Å²) in [5, 5.41) is 10.5. The number of nitrogens with zero attached hydrogens (tertiary/aromatic N) is 1. The number of pyridine rings is 1. The van der Waals surface area contributed by atoms with Crippen molar-refractivity contribution < 1.29 is 5.11 Å². The molecule has 2 rings (SSSR count). The summed E-state index contributed by atoms with van der Waals surface area (Å²) in [5.74, 6) is 1.23. The van der Waals surface area contributed by atoms with Gasteiger partial charge in [0.15, 0.2) is 0 Å². The Bertz CT molecular complexity index is 364. The molecule has 1 heterocycles. The molecule has 1 saturated carbocycles. The predicted octanol–water partition coefficient (Wildman–Crippen LogP) is 3.64. The lowest BCUT2D eigenvalue weighted by atomic mass is 9.76. The molecule has 1 N–H and O–H groups in total. The molecule has 1 aliphatic carbocycles. The molecule has 0 aromatic carbocycles. The van der Waals surface area contributed by atoms with Gasteiger partial charge in [-0.25, -0.2) is 0 Å². The third kappa shape index (κ3) is 2.86. The van der Waals surface area contributed by atoms with Gasteiger partial charge in [0.2, 0.25) is 0 Å². The van der Waals surface area contributed by atoms with Gasteiger partial charge >= 0.3 is 0 Å². The van der Waals surface area contributed by atoms with E-state index in [0.717, 1.165) is 23.6 Å². The minimum atomic E-state index is -0.321. The van der Waals surface area contributed by atoms with Gasteiger partial charge in [0.05, 0.1) is 6.10 Å². The Kier molecular flexibility index (Phi) is 4.16. The monoisotopic (exact) mass is 233 g/mol. The zero-order valence-electron chi connectivity index (χ0n) is 10.9. The quantitative estimate of drug-likeness (QED) is 0.864. The smallest absolute Gasteiger partial charge is 0.0835 e. The minimum Gasteiger partial charge on any atom is -0.388 e. The zero-order chi connectivity index (χ0) is 12.3. The number of rotatable bonds is 3. The average molecular weight is 233 g/mol. The summed E-state index contributed by atoms with van der Waals surface area (Å²) >= 11 is 0. The van der Waals surface area contributed by atoms with Gasteiger partial charge < -0.3 is 5.11 Å². The van der Waals surface area contributed by atoms with Gasteiger partial charge in [-0.05, 0) is 37.7 Å². The number of aryl methyl sites for hydroxylation is 1. The van der Waals surface area contributed by atoms with Crippen LogP contribution < -0.4 is 0 Å². The summed E-state index contributed by atoms with van der Waals surface area (Å²) in [6.07, 6.45) is 7.65. The van der Waals surface area contributed by atoms with Crippen molar-refractivity contribution in [2.24, 2.45) is 11.8 Å². The molecule has 0 saturated heterocycles. The van der Waals surface area contributed by atoms with Gasteiger partial charge in [-0.15, -0.1) is 0 Å². The van der Waals surface area contributed by atoms with E-state index < -0.39 is 0 Å². The lowest BCUT2D eigenvalue weighted by Crippen LogP contribution is -2.22. The van der Waals surface area contributed by atoms with Crippen LogP contribution in [0.4, 0.5) is 0 Å². The number of aliphatic hydroxyl groups excluding tert-OH is 1. The van der Waals surface area contributed by atoms with Gasteiger partial charge in [0.1, 0.15) is 0 Å². The van der Waals surface area contributed by atoms with Crippen LogP contribution in [0, 0.1) is 18.8 Å². The van der Waals surface area contributed by atoms with Gasteiger partial charge in [-0.3, -0.25) is 4.98 Å². The first-order valence-electron chi connectivity index (χ1n) is 6.82. The topological polar surface area (TPSA) is 33.1 Å². The van der Waals surface area contributed by atoms with E-state index in [4.69, 9.17) is 0 Å². The Labute approximate surface area is 104 Å². The highest BCUT2D eigenvalue weighted by Gasteiger charge is 2.28.